The van der Waals surface area contributed by atoms with Gasteiger partial charge >= 0.3 is 0 Å². The molecule has 0 aliphatic heterocycles. The Kier molecular flexibility index (Phi) is 5.25. The lowest BCUT2D eigenvalue weighted by atomic mass is 9.84. The topological polar surface area (TPSA) is 21.6 Å². The first-order valence-electron chi connectivity index (χ1n) is 7.08. The molecule has 18 heavy (non-hydrogen) atoms. The lowest BCUT2D eigenvalue weighted by molar-refractivity contribution is 0.146. The van der Waals surface area contributed by atoms with Gasteiger partial charge in [-0.15, -0.1) is 0 Å². The second-order valence-electron chi connectivity index (χ2n) is 5.00. The predicted molar refractivity (Wildman–Crippen MR) is 75.0 cm³/mol. The van der Waals surface area contributed by atoms with Gasteiger partial charge in [-0.25, -0.2) is 0 Å². The highest BCUT2D eigenvalue weighted by atomic mass is 16.6. The quantitative estimate of drug-likeness (QED) is 0.428. The van der Waals surface area contributed by atoms with Crippen LogP contribution in [0.5, 0.6) is 0 Å². The summed E-state index contributed by atoms with van der Waals surface area (Å²) < 4.78 is 0. The average Bonchev–Trinajstić information content (AvgIpc) is 2.45. The Morgan fingerprint density at radius 1 is 1.28 bits per heavy atom. The van der Waals surface area contributed by atoms with Gasteiger partial charge in [-0.1, -0.05) is 49.5 Å². The molecule has 1 radical (unpaired) electrons. The van der Waals surface area contributed by atoms with E-state index < -0.39 is 0 Å². The van der Waals surface area contributed by atoms with Crippen LogP contribution in [0.1, 0.15) is 62.5 Å². The van der Waals surface area contributed by atoms with Crippen molar-refractivity contribution in [3.05, 3.63) is 35.4 Å². The van der Waals surface area contributed by atoms with Gasteiger partial charge in [0.1, 0.15) is 12.8 Å². The van der Waals surface area contributed by atoms with Crippen LogP contribution in [0.2, 0.25) is 0 Å². The van der Waals surface area contributed by atoms with Gasteiger partial charge in [0.05, 0.1) is 0 Å². The van der Waals surface area contributed by atoms with Gasteiger partial charge < -0.3 is 4.84 Å². The van der Waals surface area contributed by atoms with Gasteiger partial charge in [-0.05, 0) is 36.8 Å². The maximum atomic E-state index is 5.09. The van der Waals surface area contributed by atoms with Crippen molar-refractivity contribution in [3.8, 4) is 0 Å². The fourth-order valence-corrected chi connectivity index (χ4v) is 2.52. The van der Waals surface area contributed by atoms with Gasteiger partial charge in [0.2, 0.25) is 0 Å². The molecular formula is C16H22NO. The lowest BCUT2D eigenvalue weighted by Gasteiger charge is -2.22. The molecule has 0 bridgehead atoms. The Bertz CT molecular complexity index is 380. The van der Waals surface area contributed by atoms with Crippen LogP contribution in [0.25, 0.3) is 0 Å². The molecule has 1 fully saturated rings. The van der Waals surface area contributed by atoms with E-state index in [2.05, 4.69) is 36.5 Å². The molecule has 0 saturated heterocycles. The highest BCUT2D eigenvalue weighted by Crippen LogP contribution is 2.32. The fraction of sp³-hybridized carbons (Fsp3) is 0.562. The van der Waals surface area contributed by atoms with Gasteiger partial charge in [-0.2, -0.15) is 0 Å². The number of hydrogen-bond acceptors (Lipinski definition) is 2. The summed E-state index contributed by atoms with van der Waals surface area (Å²) in [7, 11) is 0. The van der Waals surface area contributed by atoms with Crippen LogP contribution in [0.15, 0.2) is 29.4 Å². The number of benzene rings is 1. The summed E-state index contributed by atoms with van der Waals surface area (Å²) in [4.78, 5) is 5.09. The molecule has 0 atom stereocenters. The van der Waals surface area contributed by atoms with E-state index in [0.29, 0.717) is 6.61 Å². The highest BCUT2D eigenvalue weighted by Gasteiger charge is 2.15. The first kappa shape index (κ1) is 13.1. The minimum Gasteiger partial charge on any atom is -0.395 e. The smallest absolute Gasteiger partial charge is 0.139 e. The maximum Gasteiger partial charge on any atom is 0.139 e. The lowest BCUT2D eigenvalue weighted by Crippen LogP contribution is -2.04. The normalized spacial score (nSPS) is 17.2. The minimum atomic E-state index is 0.662. The monoisotopic (exact) mass is 244 g/mol. The fourth-order valence-electron chi connectivity index (χ4n) is 2.52. The summed E-state index contributed by atoms with van der Waals surface area (Å²) in [5.41, 5.74) is 2.46. The van der Waals surface area contributed by atoms with E-state index in [0.717, 1.165) is 17.9 Å². The van der Waals surface area contributed by atoms with Crippen molar-refractivity contribution in [2.45, 2.75) is 51.4 Å². The molecule has 0 unspecified atom stereocenters. The first-order valence-corrected chi connectivity index (χ1v) is 7.08. The Balaban J connectivity index is 1.98. The predicted octanol–water partition coefficient (Wildman–Crippen LogP) is 4.37. The van der Waals surface area contributed by atoms with Gasteiger partial charge in [0.15, 0.2) is 0 Å². The van der Waals surface area contributed by atoms with Crippen molar-refractivity contribution in [3.63, 3.8) is 0 Å². The molecule has 1 aromatic rings. The maximum absolute atomic E-state index is 5.09. The van der Waals surface area contributed by atoms with E-state index in [1.807, 2.05) is 6.07 Å². The summed E-state index contributed by atoms with van der Waals surface area (Å²) >= 11 is 0. The van der Waals surface area contributed by atoms with E-state index in [-0.39, 0.29) is 0 Å². The van der Waals surface area contributed by atoms with Gasteiger partial charge in [-0.3, -0.25) is 0 Å². The van der Waals surface area contributed by atoms with Crippen LogP contribution in [0.4, 0.5) is 0 Å². The molecule has 0 N–H and O–H groups in total. The van der Waals surface area contributed by atoms with E-state index in [1.165, 1.54) is 37.7 Å². The third kappa shape index (κ3) is 3.86. The molecule has 0 spiro atoms. The second kappa shape index (κ2) is 7.20. The SMILES string of the molecule is CCCO/N=[C]\c1cccc(C2CCCCC2)c1. The second-order valence-corrected chi connectivity index (χ2v) is 5.00. The number of nitrogens with zero attached hydrogens (tertiary/aromatic N) is 1. The van der Waals surface area contributed by atoms with Crippen molar-refractivity contribution in [2.24, 2.45) is 5.16 Å². The van der Waals surface area contributed by atoms with Crippen molar-refractivity contribution in [1.29, 1.82) is 0 Å². The summed E-state index contributed by atoms with van der Waals surface area (Å²) in [6, 6.07) is 8.57. The summed E-state index contributed by atoms with van der Waals surface area (Å²) in [6.07, 6.45) is 10.7. The van der Waals surface area contributed by atoms with Gasteiger partial charge in [0, 0.05) is 5.56 Å². The molecule has 2 heteroatoms. The van der Waals surface area contributed by atoms with Crippen LogP contribution in [0, 0.1) is 0 Å². The average molecular weight is 244 g/mol. The van der Waals surface area contributed by atoms with E-state index >= 15 is 0 Å². The van der Waals surface area contributed by atoms with Crippen molar-refractivity contribution in [2.75, 3.05) is 6.61 Å². The third-order valence-corrected chi connectivity index (χ3v) is 3.50. The van der Waals surface area contributed by atoms with Crippen molar-refractivity contribution in [1.82, 2.24) is 0 Å². The molecule has 97 valence electrons. The molecule has 2 nitrogen and oxygen atoms in total. The van der Waals surface area contributed by atoms with Crippen LogP contribution in [0.3, 0.4) is 0 Å². The van der Waals surface area contributed by atoms with E-state index in [9.17, 15) is 0 Å². The molecule has 1 aliphatic carbocycles. The van der Waals surface area contributed by atoms with Crippen molar-refractivity contribution >= 4 is 6.21 Å². The Hall–Kier alpha value is -1.31. The zero-order valence-corrected chi connectivity index (χ0v) is 11.2. The number of hydrogen-bond donors (Lipinski definition) is 0. The summed E-state index contributed by atoms with van der Waals surface area (Å²) in [6.45, 7) is 2.73. The minimum absolute atomic E-state index is 0.662. The highest BCUT2D eigenvalue weighted by molar-refractivity contribution is 5.79. The van der Waals surface area contributed by atoms with Crippen LogP contribution in [-0.4, -0.2) is 12.8 Å². The van der Waals surface area contributed by atoms with E-state index in [1.54, 1.807) is 0 Å². The summed E-state index contributed by atoms with van der Waals surface area (Å²) in [5, 5.41) is 3.87. The molecular weight excluding hydrogens is 222 g/mol. The molecule has 0 amide bonds. The molecule has 1 saturated carbocycles. The Labute approximate surface area is 110 Å². The largest absolute Gasteiger partial charge is 0.395 e. The molecule has 1 aromatic carbocycles. The molecule has 1 aliphatic rings. The zero-order valence-electron chi connectivity index (χ0n) is 11.2. The molecule has 0 heterocycles. The van der Waals surface area contributed by atoms with Crippen LogP contribution < -0.4 is 0 Å². The zero-order chi connectivity index (χ0) is 12.6. The molecule has 2 rings (SSSR count). The van der Waals surface area contributed by atoms with Crippen LogP contribution in [-0.2, 0) is 4.84 Å². The summed E-state index contributed by atoms with van der Waals surface area (Å²) in [5.74, 6) is 0.733. The Morgan fingerprint density at radius 2 is 2.11 bits per heavy atom. The first-order chi connectivity index (χ1) is 8.90. The van der Waals surface area contributed by atoms with Crippen LogP contribution >= 0.6 is 0 Å². The molecule has 0 aromatic heterocycles. The van der Waals surface area contributed by atoms with Gasteiger partial charge in [0.25, 0.3) is 0 Å². The third-order valence-electron chi connectivity index (χ3n) is 3.50. The van der Waals surface area contributed by atoms with Crippen molar-refractivity contribution < 1.29 is 4.84 Å². The Morgan fingerprint density at radius 3 is 2.89 bits per heavy atom. The number of rotatable bonds is 5. The van der Waals surface area contributed by atoms with E-state index in [4.69, 9.17) is 4.84 Å². The standard InChI is InChI=1S/C16H22NO/c1-2-11-18-17-13-14-7-6-10-16(12-14)15-8-4-3-5-9-15/h6-7,10,12,15H,2-5,8-9,11H2,1H3.